The molecule has 0 bridgehead atoms. The van der Waals surface area contributed by atoms with Gasteiger partial charge in [-0.25, -0.2) is 0 Å². The SMILES string of the molecule is CCOC(=O)C/C=C(/OC)c1ccccc1. The van der Waals surface area contributed by atoms with E-state index in [0.717, 1.165) is 5.56 Å². The third kappa shape index (κ3) is 3.77. The molecule has 0 amide bonds. The van der Waals surface area contributed by atoms with Crippen LogP contribution >= 0.6 is 0 Å². The normalized spacial score (nSPS) is 11.0. The number of methoxy groups -OCH3 is 1. The van der Waals surface area contributed by atoms with E-state index in [-0.39, 0.29) is 12.4 Å². The lowest BCUT2D eigenvalue weighted by Gasteiger charge is -2.06. The van der Waals surface area contributed by atoms with Crippen LogP contribution in [0.3, 0.4) is 0 Å². The van der Waals surface area contributed by atoms with Gasteiger partial charge in [0.2, 0.25) is 0 Å². The maximum atomic E-state index is 11.2. The van der Waals surface area contributed by atoms with Crippen LogP contribution in [-0.4, -0.2) is 19.7 Å². The summed E-state index contributed by atoms with van der Waals surface area (Å²) in [6.07, 6.45) is 1.96. The topological polar surface area (TPSA) is 35.5 Å². The second kappa shape index (κ2) is 6.67. The molecule has 3 nitrogen and oxygen atoms in total. The minimum Gasteiger partial charge on any atom is -0.496 e. The minimum atomic E-state index is -0.243. The van der Waals surface area contributed by atoms with Crippen LogP contribution in [-0.2, 0) is 14.3 Å². The van der Waals surface area contributed by atoms with Crippen molar-refractivity contribution in [2.45, 2.75) is 13.3 Å². The van der Waals surface area contributed by atoms with Crippen LogP contribution in [0.25, 0.3) is 5.76 Å². The lowest BCUT2D eigenvalue weighted by atomic mass is 10.1. The van der Waals surface area contributed by atoms with Gasteiger partial charge in [-0.2, -0.15) is 0 Å². The van der Waals surface area contributed by atoms with Crippen molar-refractivity contribution in [1.29, 1.82) is 0 Å². The van der Waals surface area contributed by atoms with E-state index in [1.807, 2.05) is 30.3 Å². The van der Waals surface area contributed by atoms with Crippen LogP contribution in [0.2, 0.25) is 0 Å². The van der Waals surface area contributed by atoms with Gasteiger partial charge in [-0.3, -0.25) is 4.79 Å². The van der Waals surface area contributed by atoms with Crippen LogP contribution in [0.15, 0.2) is 36.4 Å². The highest BCUT2D eigenvalue weighted by atomic mass is 16.5. The number of carbonyl (C=O) groups excluding carboxylic acids is 1. The molecule has 1 aromatic carbocycles. The van der Waals surface area contributed by atoms with E-state index >= 15 is 0 Å². The number of esters is 1. The first-order valence-corrected chi connectivity index (χ1v) is 5.23. The third-order valence-corrected chi connectivity index (χ3v) is 2.04. The van der Waals surface area contributed by atoms with Crippen LogP contribution in [0, 0.1) is 0 Å². The smallest absolute Gasteiger partial charge is 0.309 e. The molecule has 0 saturated heterocycles. The van der Waals surface area contributed by atoms with Gasteiger partial charge in [0, 0.05) is 5.56 Å². The molecule has 0 aliphatic heterocycles. The highest BCUT2D eigenvalue weighted by Crippen LogP contribution is 2.15. The Balaban J connectivity index is 2.68. The van der Waals surface area contributed by atoms with Crippen molar-refractivity contribution in [2.24, 2.45) is 0 Å². The molecule has 0 aromatic heterocycles. The van der Waals surface area contributed by atoms with Crippen LogP contribution in [0.4, 0.5) is 0 Å². The molecule has 86 valence electrons. The van der Waals surface area contributed by atoms with E-state index in [0.29, 0.717) is 12.4 Å². The zero-order valence-electron chi connectivity index (χ0n) is 9.60. The fourth-order valence-electron chi connectivity index (χ4n) is 1.32. The number of ether oxygens (including phenoxy) is 2. The third-order valence-electron chi connectivity index (χ3n) is 2.04. The molecular weight excluding hydrogens is 204 g/mol. The fraction of sp³-hybridized carbons (Fsp3) is 0.308. The Morgan fingerprint density at radius 3 is 2.56 bits per heavy atom. The van der Waals surface area contributed by atoms with Gasteiger partial charge in [0.25, 0.3) is 0 Å². The lowest BCUT2D eigenvalue weighted by molar-refractivity contribution is -0.142. The second-order valence-electron chi connectivity index (χ2n) is 3.15. The molecule has 0 aliphatic rings. The van der Waals surface area contributed by atoms with Crippen molar-refractivity contribution < 1.29 is 14.3 Å². The van der Waals surface area contributed by atoms with Crippen molar-refractivity contribution in [1.82, 2.24) is 0 Å². The average molecular weight is 220 g/mol. The van der Waals surface area contributed by atoms with Gasteiger partial charge >= 0.3 is 5.97 Å². The zero-order chi connectivity index (χ0) is 11.8. The molecule has 16 heavy (non-hydrogen) atoms. The molecule has 0 spiro atoms. The maximum absolute atomic E-state index is 11.2. The molecule has 0 unspecified atom stereocenters. The molecule has 0 atom stereocenters. The quantitative estimate of drug-likeness (QED) is 0.565. The Morgan fingerprint density at radius 2 is 2.00 bits per heavy atom. The number of carbonyl (C=O) groups is 1. The largest absolute Gasteiger partial charge is 0.496 e. The number of rotatable bonds is 5. The van der Waals surface area contributed by atoms with Gasteiger partial charge in [0.15, 0.2) is 0 Å². The summed E-state index contributed by atoms with van der Waals surface area (Å²) in [5, 5.41) is 0. The molecule has 0 fully saturated rings. The average Bonchev–Trinajstić information content (AvgIpc) is 2.31. The summed E-state index contributed by atoms with van der Waals surface area (Å²) in [6.45, 7) is 2.19. The van der Waals surface area contributed by atoms with Gasteiger partial charge in [-0.15, -0.1) is 0 Å². The van der Waals surface area contributed by atoms with E-state index in [9.17, 15) is 4.79 Å². The van der Waals surface area contributed by atoms with Crippen LogP contribution in [0.1, 0.15) is 18.9 Å². The molecule has 0 aliphatic carbocycles. The molecule has 1 aromatic rings. The molecule has 0 saturated carbocycles. The molecule has 0 heterocycles. The summed E-state index contributed by atoms with van der Waals surface area (Å²) in [4.78, 5) is 11.2. The van der Waals surface area contributed by atoms with Crippen molar-refractivity contribution in [3.05, 3.63) is 42.0 Å². The first kappa shape index (κ1) is 12.3. The van der Waals surface area contributed by atoms with E-state index in [4.69, 9.17) is 9.47 Å². The first-order chi connectivity index (χ1) is 7.77. The Morgan fingerprint density at radius 1 is 1.31 bits per heavy atom. The summed E-state index contributed by atoms with van der Waals surface area (Å²) in [5.41, 5.74) is 0.953. The number of hydrogen-bond acceptors (Lipinski definition) is 3. The zero-order valence-corrected chi connectivity index (χ0v) is 9.60. The van der Waals surface area contributed by atoms with Gasteiger partial charge in [0.05, 0.1) is 20.1 Å². The predicted octanol–water partition coefficient (Wildman–Crippen LogP) is 2.63. The van der Waals surface area contributed by atoms with E-state index in [1.165, 1.54) is 0 Å². The number of hydrogen-bond donors (Lipinski definition) is 0. The maximum Gasteiger partial charge on any atom is 0.309 e. The molecular formula is C13H16O3. The Bertz CT molecular complexity index is 355. The van der Waals surface area contributed by atoms with Crippen molar-refractivity contribution in [3.63, 3.8) is 0 Å². The van der Waals surface area contributed by atoms with Gasteiger partial charge in [-0.1, -0.05) is 30.3 Å². The summed E-state index contributed by atoms with van der Waals surface area (Å²) in [6, 6.07) is 9.64. The Kier molecular flexibility index (Phi) is 5.12. The van der Waals surface area contributed by atoms with E-state index < -0.39 is 0 Å². The fourth-order valence-corrected chi connectivity index (χ4v) is 1.32. The van der Waals surface area contributed by atoms with Crippen molar-refractivity contribution in [2.75, 3.05) is 13.7 Å². The van der Waals surface area contributed by atoms with Gasteiger partial charge < -0.3 is 9.47 Å². The van der Waals surface area contributed by atoms with E-state index in [1.54, 1.807) is 20.1 Å². The number of benzene rings is 1. The Labute approximate surface area is 95.7 Å². The van der Waals surface area contributed by atoms with Crippen molar-refractivity contribution in [3.8, 4) is 0 Å². The summed E-state index contributed by atoms with van der Waals surface area (Å²) in [5.74, 6) is 0.446. The Hall–Kier alpha value is -1.77. The van der Waals surface area contributed by atoms with E-state index in [2.05, 4.69) is 0 Å². The van der Waals surface area contributed by atoms with Crippen LogP contribution in [0.5, 0.6) is 0 Å². The van der Waals surface area contributed by atoms with Gasteiger partial charge in [-0.05, 0) is 13.0 Å². The molecule has 0 radical (unpaired) electrons. The predicted molar refractivity (Wildman–Crippen MR) is 62.7 cm³/mol. The molecule has 1 rings (SSSR count). The van der Waals surface area contributed by atoms with Crippen molar-refractivity contribution >= 4 is 11.7 Å². The van der Waals surface area contributed by atoms with Crippen LogP contribution < -0.4 is 0 Å². The summed E-state index contributed by atoms with van der Waals surface area (Å²) in [7, 11) is 1.59. The minimum absolute atomic E-state index is 0.228. The lowest BCUT2D eigenvalue weighted by Crippen LogP contribution is -2.02. The summed E-state index contributed by atoms with van der Waals surface area (Å²) < 4.78 is 10.1. The summed E-state index contributed by atoms with van der Waals surface area (Å²) >= 11 is 0. The monoisotopic (exact) mass is 220 g/mol. The highest BCUT2D eigenvalue weighted by molar-refractivity contribution is 5.74. The second-order valence-corrected chi connectivity index (χ2v) is 3.15. The molecule has 3 heteroatoms. The standard InChI is InChI=1S/C13H16O3/c1-3-16-13(14)10-9-12(15-2)11-7-5-4-6-8-11/h4-9H,3,10H2,1-2H3/b12-9+. The molecule has 0 N–H and O–H groups in total. The first-order valence-electron chi connectivity index (χ1n) is 5.23. The highest BCUT2D eigenvalue weighted by Gasteiger charge is 2.03. The van der Waals surface area contributed by atoms with Gasteiger partial charge in [0.1, 0.15) is 5.76 Å².